The quantitative estimate of drug-likeness (QED) is 0.291. The van der Waals surface area contributed by atoms with Gasteiger partial charge in [0.25, 0.3) is 0 Å². The van der Waals surface area contributed by atoms with Crippen molar-refractivity contribution in [3.63, 3.8) is 0 Å². The van der Waals surface area contributed by atoms with Crippen LogP contribution in [0.3, 0.4) is 0 Å². The number of carbonyl (C=O) groups is 4. The summed E-state index contributed by atoms with van der Waals surface area (Å²) in [4.78, 5) is 48.1. The lowest BCUT2D eigenvalue weighted by Crippen LogP contribution is -2.39. The maximum absolute atomic E-state index is 12.5. The summed E-state index contributed by atoms with van der Waals surface area (Å²) >= 11 is 0. The third-order valence-electron chi connectivity index (χ3n) is 4.34. The summed E-state index contributed by atoms with van der Waals surface area (Å²) in [6, 6.07) is 3.16. The number of methoxy groups -OCH3 is 1. The van der Waals surface area contributed by atoms with Gasteiger partial charge < -0.3 is 38.9 Å². The van der Waals surface area contributed by atoms with E-state index in [0.717, 1.165) is 7.11 Å². The molecule has 12 heteroatoms. The fourth-order valence-electron chi connectivity index (χ4n) is 2.56. The highest BCUT2D eigenvalue weighted by Crippen LogP contribution is 2.31. The van der Waals surface area contributed by atoms with E-state index in [9.17, 15) is 19.2 Å². The Labute approximate surface area is 216 Å². The lowest BCUT2D eigenvalue weighted by atomic mass is 10.1. The molecule has 1 unspecified atom stereocenters. The van der Waals surface area contributed by atoms with Gasteiger partial charge in [0.2, 0.25) is 0 Å². The van der Waals surface area contributed by atoms with Crippen molar-refractivity contribution in [3.05, 3.63) is 23.8 Å². The molecule has 0 aliphatic carbocycles. The minimum atomic E-state index is -1.11. The maximum Gasteiger partial charge on any atom is 0.514 e. The van der Waals surface area contributed by atoms with Crippen LogP contribution in [0.2, 0.25) is 0 Å². The first-order chi connectivity index (χ1) is 16.9. The van der Waals surface area contributed by atoms with Gasteiger partial charge in [-0.1, -0.05) is 6.07 Å². The number of nitrogens with two attached hydrogens (primary N) is 1. The maximum atomic E-state index is 12.5. The summed E-state index contributed by atoms with van der Waals surface area (Å²) < 4.78 is 35.4. The van der Waals surface area contributed by atoms with Crippen LogP contribution in [0.1, 0.15) is 61.0 Å². The molecule has 12 nitrogen and oxygen atoms in total. The van der Waals surface area contributed by atoms with Crippen LogP contribution in [0, 0.1) is 0 Å². The van der Waals surface area contributed by atoms with Gasteiger partial charge in [0.05, 0.1) is 7.11 Å². The van der Waals surface area contributed by atoms with Gasteiger partial charge in [-0.3, -0.25) is 4.79 Å². The Hall–Kier alpha value is -3.54. The molecule has 0 spiro atoms. The lowest BCUT2D eigenvalue weighted by molar-refractivity contribution is -0.155. The standard InChI is InChI=1S/C25H37NO11/c1-14(15(2)33-21(28)31-9)32-20(27)17(26)12-16-10-11-18(34-22(29)36-24(3,4)5)19(13-16)35-23(30)37-25(6,7)8/h10-11,13-15,17H,12,26H2,1-9H3/t14-,15?,17-/m0/s1. The smallest absolute Gasteiger partial charge is 0.458 e. The molecule has 2 N–H and O–H groups in total. The molecule has 0 aliphatic rings. The Bertz CT molecular complexity index is 962. The second-order valence-corrected chi connectivity index (χ2v) is 10.1. The van der Waals surface area contributed by atoms with E-state index in [4.69, 9.17) is 34.2 Å². The molecule has 1 aromatic rings. The van der Waals surface area contributed by atoms with E-state index in [1.54, 1.807) is 41.5 Å². The SMILES string of the molecule is COC(=O)OC(C)[C@H](C)OC(=O)[C@@H](N)Cc1ccc(OC(=O)OC(C)(C)C)c(OC(=O)OC(C)(C)C)c1. The number of carbonyl (C=O) groups excluding carboxylic acids is 4. The van der Waals surface area contributed by atoms with Gasteiger partial charge >= 0.3 is 24.4 Å². The van der Waals surface area contributed by atoms with Crippen LogP contribution in [0.25, 0.3) is 0 Å². The van der Waals surface area contributed by atoms with Crippen LogP contribution in [-0.4, -0.2) is 61.0 Å². The Morgan fingerprint density at radius 1 is 0.784 bits per heavy atom. The third kappa shape index (κ3) is 12.3. The van der Waals surface area contributed by atoms with Crippen molar-refractivity contribution in [2.24, 2.45) is 5.73 Å². The number of hydrogen-bond acceptors (Lipinski definition) is 12. The number of hydrogen-bond donors (Lipinski definition) is 1. The number of rotatable bonds is 8. The van der Waals surface area contributed by atoms with E-state index in [2.05, 4.69) is 4.74 Å². The van der Waals surface area contributed by atoms with Crippen molar-refractivity contribution in [2.45, 2.75) is 91.3 Å². The molecule has 0 aliphatic heterocycles. The Kier molecular flexibility index (Phi) is 11.2. The minimum absolute atomic E-state index is 0.0187. The molecule has 208 valence electrons. The molecule has 0 radical (unpaired) electrons. The van der Waals surface area contributed by atoms with Crippen LogP contribution in [0.5, 0.6) is 11.5 Å². The monoisotopic (exact) mass is 527 g/mol. The average molecular weight is 528 g/mol. The first kappa shape index (κ1) is 31.5. The molecule has 0 bridgehead atoms. The van der Waals surface area contributed by atoms with Crippen LogP contribution in [0.15, 0.2) is 18.2 Å². The largest absolute Gasteiger partial charge is 0.514 e. The molecule has 0 fully saturated rings. The van der Waals surface area contributed by atoms with Gasteiger partial charge in [-0.2, -0.15) is 0 Å². The molecule has 37 heavy (non-hydrogen) atoms. The van der Waals surface area contributed by atoms with E-state index < -0.39 is 53.9 Å². The molecule has 1 rings (SSSR count). The Morgan fingerprint density at radius 3 is 1.76 bits per heavy atom. The van der Waals surface area contributed by atoms with Crippen LogP contribution < -0.4 is 15.2 Å². The number of ether oxygens (including phenoxy) is 7. The second-order valence-electron chi connectivity index (χ2n) is 10.1. The summed E-state index contributed by atoms with van der Waals surface area (Å²) in [5.74, 6) is -1.01. The Balaban J connectivity index is 3.02. The van der Waals surface area contributed by atoms with Crippen molar-refractivity contribution in [2.75, 3.05) is 7.11 Å². The van der Waals surface area contributed by atoms with Crippen molar-refractivity contribution < 1.29 is 52.3 Å². The van der Waals surface area contributed by atoms with E-state index in [0.29, 0.717) is 5.56 Å². The van der Waals surface area contributed by atoms with E-state index in [-0.39, 0.29) is 17.9 Å². The van der Waals surface area contributed by atoms with Crippen LogP contribution >= 0.6 is 0 Å². The zero-order chi connectivity index (χ0) is 28.6. The average Bonchev–Trinajstić information content (AvgIpc) is 2.72. The highest BCUT2D eigenvalue weighted by molar-refractivity contribution is 5.76. The van der Waals surface area contributed by atoms with Gasteiger partial charge in [-0.15, -0.1) is 0 Å². The summed E-state index contributed by atoms with van der Waals surface area (Å²) in [6.07, 6.45) is -4.54. The van der Waals surface area contributed by atoms with E-state index >= 15 is 0 Å². The van der Waals surface area contributed by atoms with Crippen molar-refractivity contribution in [1.29, 1.82) is 0 Å². The zero-order valence-electron chi connectivity index (χ0n) is 22.7. The van der Waals surface area contributed by atoms with Crippen molar-refractivity contribution in [1.82, 2.24) is 0 Å². The van der Waals surface area contributed by atoms with E-state index in [1.165, 1.54) is 32.0 Å². The highest BCUT2D eigenvalue weighted by Gasteiger charge is 2.26. The lowest BCUT2D eigenvalue weighted by Gasteiger charge is -2.22. The minimum Gasteiger partial charge on any atom is -0.458 e. The number of benzene rings is 1. The summed E-state index contributed by atoms with van der Waals surface area (Å²) in [6.45, 7) is 13.0. The molecule has 0 saturated carbocycles. The van der Waals surface area contributed by atoms with Crippen molar-refractivity contribution >= 4 is 24.4 Å². The fraction of sp³-hybridized carbons (Fsp3) is 0.600. The zero-order valence-corrected chi connectivity index (χ0v) is 22.7. The van der Waals surface area contributed by atoms with Crippen LogP contribution in [0.4, 0.5) is 14.4 Å². The number of esters is 1. The molecule has 0 amide bonds. The van der Waals surface area contributed by atoms with Gasteiger partial charge in [0, 0.05) is 0 Å². The summed E-state index contributed by atoms with van der Waals surface area (Å²) in [5, 5.41) is 0. The molecule has 0 heterocycles. The normalized spacial score (nSPS) is 13.9. The molecular formula is C25H37NO11. The highest BCUT2D eigenvalue weighted by atomic mass is 16.8. The summed E-state index contributed by atoms with van der Waals surface area (Å²) in [7, 11) is 1.16. The summed E-state index contributed by atoms with van der Waals surface area (Å²) in [5.41, 5.74) is 4.82. The third-order valence-corrected chi connectivity index (χ3v) is 4.34. The topological polar surface area (TPSA) is 159 Å². The first-order valence-electron chi connectivity index (χ1n) is 11.6. The van der Waals surface area contributed by atoms with Crippen molar-refractivity contribution in [3.8, 4) is 11.5 Å². The van der Waals surface area contributed by atoms with Gasteiger partial charge in [0.15, 0.2) is 11.5 Å². The predicted molar refractivity (Wildman–Crippen MR) is 130 cm³/mol. The fourth-order valence-corrected chi connectivity index (χ4v) is 2.56. The molecule has 0 aromatic heterocycles. The predicted octanol–water partition coefficient (Wildman–Crippen LogP) is 4.29. The second kappa shape index (κ2) is 13.1. The first-order valence-corrected chi connectivity index (χ1v) is 11.6. The van der Waals surface area contributed by atoms with Gasteiger partial charge in [-0.05, 0) is 79.5 Å². The van der Waals surface area contributed by atoms with E-state index in [1.807, 2.05) is 0 Å². The van der Waals surface area contributed by atoms with Gasteiger partial charge in [-0.25, -0.2) is 14.4 Å². The molecular weight excluding hydrogens is 490 g/mol. The molecule has 1 aromatic carbocycles. The Morgan fingerprint density at radius 2 is 1.27 bits per heavy atom. The van der Waals surface area contributed by atoms with Gasteiger partial charge in [0.1, 0.15) is 29.5 Å². The molecule has 0 saturated heterocycles. The molecule has 3 atom stereocenters. The van der Waals surface area contributed by atoms with Crippen LogP contribution in [-0.2, 0) is 34.9 Å².